The normalized spacial score (nSPS) is 12.6. The predicted octanol–water partition coefficient (Wildman–Crippen LogP) is 1.25. The van der Waals surface area contributed by atoms with Crippen molar-refractivity contribution < 1.29 is 14.3 Å². The maximum atomic E-state index is 11.9. The summed E-state index contributed by atoms with van der Waals surface area (Å²) in [5.41, 5.74) is 11.5. The molecule has 0 aliphatic heterocycles. The number of ether oxygens (including phenoxy) is 1. The molecule has 2 amide bonds. The van der Waals surface area contributed by atoms with Gasteiger partial charge in [0.2, 0.25) is 5.91 Å². The van der Waals surface area contributed by atoms with Gasteiger partial charge in [0.25, 0.3) is 5.91 Å². The van der Waals surface area contributed by atoms with Crippen molar-refractivity contribution in [3.63, 3.8) is 0 Å². The van der Waals surface area contributed by atoms with Crippen molar-refractivity contribution in [2.24, 2.45) is 16.9 Å². The molecule has 0 spiro atoms. The molecular weight excluding hydrogens is 270 g/mol. The molecule has 0 aromatic heterocycles. The summed E-state index contributed by atoms with van der Waals surface area (Å²) in [7, 11) is 0. The Bertz CT molecular complexity index is 492. The lowest BCUT2D eigenvalue weighted by atomic mass is 9.85. The van der Waals surface area contributed by atoms with E-state index in [0.29, 0.717) is 11.4 Å². The molecule has 1 atom stereocenters. The van der Waals surface area contributed by atoms with Crippen molar-refractivity contribution in [3.8, 4) is 5.75 Å². The van der Waals surface area contributed by atoms with Gasteiger partial charge in [-0.05, 0) is 29.7 Å². The lowest BCUT2D eigenvalue weighted by molar-refractivity contribution is -0.120. The first kappa shape index (κ1) is 17.0. The average Bonchev–Trinajstić information content (AvgIpc) is 2.36. The number of anilines is 1. The van der Waals surface area contributed by atoms with Gasteiger partial charge in [-0.2, -0.15) is 0 Å². The van der Waals surface area contributed by atoms with Gasteiger partial charge in [-0.1, -0.05) is 20.8 Å². The van der Waals surface area contributed by atoms with E-state index in [2.05, 4.69) is 5.32 Å². The highest BCUT2D eigenvalue weighted by atomic mass is 16.5. The molecule has 116 valence electrons. The molecule has 5 N–H and O–H groups in total. The summed E-state index contributed by atoms with van der Waals surface area (Å²) in [4.78, 5) is 22.5. The third kappa shape index (κ3) is 6.27. The number of carbonyl (C=O) groups excluding carboxylic acids is 2. The third-order valence-corrected chi connectivity index (χ3v) is 3.04. The number of primary amides is 1. The Hall–Kier alpha value is -2.08. The van der Waals surface area contributed by atoms with Gasteiger partial charge >= 0.3 is 0 Å². The van der Waals surface area contributed by atoms with E-state index >= 15 is 0 Å². The monoisotopic (exact) mass is 293 g/mol. The van der Waals surface area contributed by atoms with Crippen LogP contribution in [0.3, 0.4) is 0 Å². The van der Waals surface area contributed by atoms with E-state index in [4.69, 9.17) is 16.2 Å². The van der Waals surface area contributed by atoms with Crippen LogP contribution in [0.25, 0.3) is 0 Å². The van der Waals surface area contributed by atoms with Gasteiger partial charge < -0.3 is 21.5 Å². The Morgan fingerprint density at radius 3 is 2.29 bits per heavy atom. The van der Waals surface area contributed by atoms with E-state index in [1.54, 1.807) is 24.3 Å². The van der Waals surface area contributed by atoms with E-state index in [1.807, 2.05) is 20.8 Å². The Kier molecular flexibility index (Phi) is 5.72. The summed E-state index contributed by atoms with van der Waals surface area (Å²) < 4.78 is 5.13. The minimum absolute atomic E-state index is 0.121. The van der Waals surface area contributed by atoms with E-state index in [1.165, 1.54) is 0 Å². The van der Waals surface area contributed by atoms with Crippen molar-refractivity contribution in [3.05, 3.63) is 24.3 Å². The first-order valence-electron chi connectivity index (χ1n) is 6.75. The topological polar surface area (TPSA) is 107 Å². The molecule has 6 heteroatoms. The lowest BCUT2D eigenvalue weighted by Gasteiger charge is -2.26. The minimum atomic E-state index is -0.538. The van der Waals surface area contributed by atoms with Crippen LogP contribution in [0.5, 0.6) is 5.75 Å². The van der Waals surface area contributed by atoms with Crippen LogP contribution in [-0.4, -0.2) is 24.5 Å². The van der Waals surface area contributed by atoms with Crippen LogP contribution in [0.2, 0.25) is 0 Å². The Balaban J connectivity index is 2.52. The van der Waals surface area contributed by atoms with Crippen molar-refractivity contribution >= 4 is 17.5 Å². The first-order chi connectivity index (χ1) is 9.68. The summed E-state index contributed by atoms with van der Waals surface area (Å²) in [5.74, 6) is -0.162. The van der Waals surface area contributed by atoms with Crippen LogP contribution in [0.1, 0.15) is 27.2 Å². The average molecular weight is 293 g/mol. The van der Waals surface area contributed by atoms with Gasteiger partial charge in [0.1, 0.15) is 5.75 Å². The molecular formula is C15H23N3O3. The molecule has 0 aliphatic carbocycles. The van der Waals surface area contributed by atoms with Crippen LogP contribution >= 0.6 is 0 Å². The highest BCUT2D eigenvalue weighted by Crippen LogP contribution is 2.21. The van der Waals surface area contributed by atoms with Gasteiger partial charge in [0, 0.05) is 18.2 Å². The standard InChI is InChI=1S/C15H23N3O3/c1-15(2,3)12(16)8-14(20)18-10-4-6-11(7-5-10)21-9-13(17)19/h4-7,12H,8-9,16H2,1-3H3,(H2,17,19)(H,18,20). The fourth-order valence-electron chi connectivity index (χ4n) is 1.51. The minimum Gasteiger partial charge on any atom is -0.484 e. The lowest BCUT2D eigenvalue weighted by Crippen LogP contribution is -2.38. The molecule has 21 heavy (non-hydrogen) atoms. The zero-order valence-electron chi connectivity index (χ0n) is 12.7. The highest BCUT2D eigenvalue weighted by molar-refractivity contribution is 5.91. The molecule has 0 radical (unpaired) electrons. The fourth-order valence-corrected chi connectivity index (χ4v) is 1.51. The van der Waals surface area contributed by atoms with Crippen LogP contribution in [0.15, 0.2) is 24.3 Å². The second-order valence-electron chi connectivity index (χ2n) is 6.00. The molecule has 0 saturated heterocycles. The number of carbonyl (C=O) groups is 2. The molecule has 1 unspecified atom stereocenters. The Morgan fingerprint density at radius 1 is 1.24 bits per heavy atom. The van der Waals surface area contributed by atoms with E-state index in [0.717, 1.165) is 0 Å². The van der Waals surface area contributed by atoms with Gasteiger partial charge in [0.05, 0.1) is 0 Å². The van der Waals surface area contributed by atoms with Crippen LogP contribution in [0, 0.1) is 5.41 Å². The number of hydrogen-bond donors (Lipinski definition) is 3. The molecule has 0 saturated carbocycles. The number of hydrogen-bond acceptors (Lipinski definition) is 4. The molecule has 1 rings (SSSR count). The maximum absolute atomic E-state index is 11.9. The second kappa shape index (κ2) is 7.08. The number of rotatable bonds is 6. The largest absolute Gasteiger partial charge is 0.484 e. The van der Waals surface area contributed by atoms with Crippen molar-refractivity contribution in [2.75, 3.05) is 11.9 Å². The summed E-state index contributed by atoms with van der Waals surface area (Å²) in [5, 5.41) is 2.77. The molecule has 6 nitrogen and oxygen atoms in total. The van der Waals surface area contributed by atoms with Crippen LogP contribution in [-0.2, 0) is 9.59 Å². The van der Waals surface area contributed by atoms with E-state index in [9.17, 15) is 9.59 Å². The predicted molar refractivity (Wildman–Crippen MR) is 81.8 cm³/mol. The molecule has 0 heterocycles. The number of amides is 2. The summed E-state index contributed by atoms with van der Waals surface area (Å²) >= 11 is 0. The van der Waals surface area contributed by atoms with E-state index in [-0.39, 0.29) is 30.4 Å². The maximum Gasteiger partial charge on any atom is 0.255 e. The molecule has 1 aromatic carbocycles. The quantitative estimate of drug-likeness (QED) is 0.733. The fraction of sp³-hybridized carbons (Fsp3) is 0.467. The Labute approximate surface area is 124 Å². The van der Waals surface area contributed by atoms with Crippen LogP contribution in [0.4, 0.5) is 5.69 Å². The van der Waals surface area contributed by atoms with Crippen LogP contribution < -0.4 is 21.5 Å². The SMILES string of the molecule is CC(C)(C)C(N)CC(=O)Nc1ccc(OCC(N)=O)cc1. The number of nitrogens with two attached hydrogens (primary N) is 2. The van der Waals surface area contributed by atoms with Crippen molar-refractivity contribution in [2.45, 2.75) is 33.2 Å². The summed E-state index contributed by atoms with van der Waals surface area (Å²) in [6, 6.07) is 6.48. The van der Waals surface area contributed by atoms with Crippen molar-refractivity contribution in [1.82, 2.24) is 0 Å². The Morgan fingerprint density at radius 2 is 1.81 bits per heavy atom. The van der Waals surface area contributed by atoms with Gasteiger partial charge in [-0.25, -0.2) is 0 Å². The molecule has 0 aliphatic rings. The third-order valence-electron chi connectivity index (χ3n) is 3.04. The molecule has 1 aromatic rings. The highest BCUT2D eigenvalue weighted by Gasteiger charge is 2.23. The number of benzene rings is 1. The number of nitrogens with one attached hydrogen (secondary N) is 1. The van der Waals surface area contributed by atoms with Gasteiger partial charge in [-0.15, -0.1) is 0 Å². The van der Waals surface area contributed by atoms with Crippen molar-refractivity contribution in [1.29, 1.82) is 0 Å². The zero-order valence-corrected chi connectivity index (χ0v) is 12.7. The van der Waals surface area contributed by atoms with Gasteiger partial charge in [-0.3, -0.25) is 9.59 Å². The zero-order chi connectivity index (χ0) is 16.0. The molecule has 0 bridgehead atoms. The first-order valence-corrected chi connectivity index (χ1v) is 6.75. The second-order valence-corrected chi connectivity index (χ2v) is 6.00. The summed E-state index contributed by atoms with van der Waals surface area (Å²) in [6.07, 6.45) is 0.253. The summed E-state index contributed by atoms with van der Waals surface area (Å²) in [6.45, 7) is 5.81. The smallest absolute Gasteiger partial charge is 0.255 e. The van der Waals surface area contributed by atoms with Gasteiger partial charge in [0.15, 0.2) is 6.61 Å². The van der Waals surface area contributed by atoms with E-state index < -0.39 is 5.91 Å². The molecule has 0 fully saturated rings.